The maximum absolute atomic E-state index is 6.01. The highest BCUT2D eigenvalue weighted by Crippen LogP contribution is 2.12. The van der Waals surface area contributed by atoms with Gasteiger partial charge in [-0.25, -0.2) is 4.98 Å². The Labute approximate surface area is 169 Å². The number of fused-ring (bicyclic) bond motifs is 1. The Morgan fingerprint density at radius 3 is 3.08 bits per heavy atom. The molecule has 0 radical (unpaired) electrons. The Balaban J connectivity index is 0.00000225. The number of pyridine rings is 1. The van der Waals surface area contributed by atoms with Crippen molar-refractivity contribution in [1.29, 1.82) is 0 Å². The number of hydrogen-bond donors (Lipinski definition) is 1. The average Bonchev–Trinajstić information content (AvgIpc) is 2.98. The smallest absolute Gasteiger partial charge is 0.194 e. The first-order valence-electron chi connectivity index (χ1n) is 7.89. The van der Waals surface area contributed by atoms with Crippen LogP contribution in [0.25, 0.3) is 5.65 Å². The van der Waals surface area contributed by atoms with Crippen molar-refractivity contribution in [2.75, 3.05) is 40.5 Å². The Hall–Kier alpha value is -1.10. The van der Waals surface area contributed by atoms with Gasteiger partial charge in [-0.05, 0) is 12.1 Å². The number of imidazole rings is 1. The molecular weight excluding hydrogens is 457 g/mol. The molecule has 0 spiro atoms. The molecular formula is C16H23ClIN5O2. The van der Waals surface area contributed by atoms with Crippen LogP contribution in [-0.4, -0.2) is 66.8 Å². The van der Waals surface area contributed by atoms with Crippen LogP contribution in [0.2, 0.25) is 5.02 Å². The molecule has 0 aliphatic carbocycles. The SMILES string of the molecule is CN=C(NCc1cn2cc(Cl)ccc2n1)N1CCOC(COC)C1.I. The van der Waals surface area contributed by atoms with Gasteiger partial charge in [-0.3, -0.25) is 4.99 Å². The van der Waals surface area contributed by atoms with Crippen LogP contribution in [0.4, 0.5) is 0 Å². The number of hydrogen-bond acceptors (Lipinski definition) is 4. The molecule has 1 atom stereocenters. The third-order valence-electron chi connectivity index (χ3n) is 3.90. The molecule has 0 bridgehead atoms. The molecule has 9 heteroatoms. The third kappa shape index (κ3) is 5.19. The van der Waals surface area contributed by atoms with Crippen LogP contribution in [0, 0.1) is 0 Å². The summed E-state index contributed by atoms with van der Waals surface area (Å²) in [5.41, 5.74) is 1.80. The van der Waals surface area contributed by atoms with E-state index in [2.05, 4.69) is 20.2 Å². The number of morpholine rings is 1. The van der Waals surface area contributed by atoms with E-state index in [4.69, 9.17) is 21.1 Å². The summed E-state index contributed by atoms with van der Waals surface area (Å²) >= 11 is 6.01. The minimum absolute atomic E-state index is 0. The van der Waals surface area contributed by atoms with Crippen LogP contribution in [0.3, 0.4) is 0 Å². The van der Waals surface area contributed by atoms with E-state index < -0.39 is 0 Å². The van der Waals surface area contributed by atoms with Gasteiger partial charge in [0, 0.05) is 39.6 Å². The molecule has 3 rings (SSSR count). The summed E-state index contributed by atoms with van der Waals surface area (Å²) in [6.07, 6.45) is 3.88. The largest absolute Gasteiger partial charge is 0.382 e. The molecule has 1 N–H and O–H groups in total. The number of nitrogens with zero attached hydrogens (tertiary/aromatic N) is 4. The van der Waals surface area contributed by atoms with Crippen molar-refractivity contribution in [1.82, 2.24) is 19.6 Å². The fourth-order valence-corrected chi connectivity index (χ4v) is 2.97. The van der Waals surface area contributed by atoms with Crippen molar-refractivity contribution in [3.8, 4) is 0 Å². The van der Waals surface area contributed by atoms with Crippen LogP contribution in [0.1, 0.15) is 5.69 Å². The summed E-state index contributed by atoms with van der Waals surface area (Å²) in [7, 11) is 3.47. The third-order valence-corrected chi connectivity index (χ3v) is 4.12. The fourth-order valence-electron chi connectivity index (χ4n) is 2.80. The number of aliphatic imine (C=N–C) groups is 1. The van der Waals surface area contributed by atoms with Crippen molar-refractivity contribution in [2.24, 2.45) is 4.99 Å². The van der Waals surface area contributed by atoms with Crippen LogP contribution < -0.4 is 5.32 Å². The van der Waals surface area contributed by atoms with Crippen molar-refractivity contribution in [3.05, 3.63) is 35.2 Å². The van der Waals surface area contributed by atoms with Crippen molar-refractivity contribution in [2.45, 2.75) is 12.6 Å². The average molecular weight is 480 g/mol. The number of guanidine groups is 1. The molecule has 7 nitrogen and oxygen atoms in total. The van der Waals surface area contributed by atoms with E-state index in [1.54, 1.807) is 14.2 Å². The first kappa shape index (κ1) is 20.2. The summed E-state index contributed by atoms with van der Waals surface area (Å²) in [6.45, 7) is 3.41. The highest BCUT2D eigenvalue weighted by atomic mass is 127. The Bertz CT molecular complexity index is 722. The molecule has 0 saturated carbocycles. The van der Waals surface area contributed by atoms with Crippen molar-refractivity contribution >= 4 is 47.2 Å². The van der Waals surface area contributed by atoms with E-state index in [-0.39, 0.29) is 30.1 Å². The second-order valence-electron chi connectivity index (χ2n) is 5.64. The molecule has 25 heavy (non-hydrogen) atoms. The molecule has 1 aliphatic rings. The summed E-state index contributed by atoms with van der Waals surface area (Å²) in [5.74, 6) is 0.842. The van der Waals surface area contributed by atoms with Gasteiger partial charge in [0.1, 0.15) is 5.65 Å². The van der Waals surface area contributed by atoms with Gasteiger partial charge in [0.05, 0.1) is 36.6 Å². The Morgan fingerprint density at radius 2 is 2.32 bits per heavy atom. The molecule has 3 heterocycles. The number of nitrogens with one attached hydrogen (secondary N) is 1. The van der Waals surface area contributed by atoms with Gasteiger partial charge in [0.15, 0.2) is 5.96 Å². The zero-order valence-corrected chi connectivity index (χ0v) is 17.4. The second kappa shape index (κ2) is 9.56. The molecule has 1 aliphatic heterocycles. The van der Waals surface area contributed by atoms with E-state index in [1.807, 2.05) is 28.9 Å². The zero-order chi connectivity index (χ0) is 16.9. The minimum atomic E-state index is 0. The van der Waals surface area contributed by atoms with Gasteiger partial charge in [-0.1, -0.05) is 11.6 Å². The van der Waals surface area contributed by atoms with E-state index in [0.29, 0.717) is 24.8 Å². The molecule has 138 valence electrons. The van der Waals surface area contributed by atoms with Crippen LogP contribution in [0.5, 0.6) is 0 Å². The normalized spacial score (nSPS) is 18.3. The quantitative estimate of drug-likeness (QED) is 0.413. The lowest BCUT2D eigenvalue weighted by Crippen LogP contribution is -2.51. The first-order chi connectivity index (χ1) is 11.7. The molecule has 2 aromatic rings. The summed E-state index contributed by atoms with van der Waals surface area (Å²) in [6, 6.07) is 3.74. The summed E-state index contributed by atoms with van der Waals surface area (Å²) in [4.78, 5) is 11.1. The van der Waals surface area contributed by atoms with E-state index in [1.165, 1.54) is 0 Å². The lowest BCUT2D eigenvalue weighted by atomic mass is 10.3. The van der Waals surface area contributed by atoms with Gasteiger partial charge >= 0.3 is 0 Å². The Morgan fingerprint density at radius 1 is 1.48 bits per heavy atom. The molecule has 0 amide bonds. The molecule has 1 saturated heterocycles. The fraction of sp³-hybridized carbons (Fsp3) is 0.500. The zero-order valence-electron chi connectivity index (χ0n) is 14.3. The monoisotopic (exact) mass is 479 g/mol. The molecule has 1 unspecified atom stereocenters. The topological polar surface area (TPSA) is 63.4 Å². The minimum Gasteiger partial charge on any atom is -0.382 e. The standard InChI is InChI=1S/C16H22ClN5O2.HI/c1-18-16(21-5-6-24-14(10-21)11-23-2)19-7-13-9-22-8-12(17)3-4-15(22)20-13;/h3-4,8-9,14H,5-7,10-11H2,1-2H3,(H,18,19);1H. The summed E-state index contributed by atoms with van der Waals surface area (Å²) in [5, 5.41) is 4.05. The number of methoxy groups -OCH3 is 1. The van der Waals surface area contributed by atoms with Crippen LogP contribution in [-0.2, 0) is 16.0 Å². The maximum atomic E-state index is 6.01. The van der Waals surface area contributed by atoms with E-state index in [0.717, 1.165) is 30.4 Å². The van der Waals surface area contributed by atoms with E-state index in [9.17, 15) is 0 Å². The number of aromatic nitrogens is 2. The van der Waals surface area contributed by atoms with Gasteiger partial charge < -0.3 is 24.1 Å². The lowest BCUT2D eigenvalue weighted by molar-refractivity contribution is -0.0447. The highest BCUT2D eigenvalue weighted by molar-refractivity contribution is 14.0. The lowest BCUT2D eigenvalue weighted by Gasteiger charge is -2.34. The molecule has 1 fully saturated rings. The maximum Gasteiger partial charge on any atom is 0.194 e. The number of ether oxygens (including phenoxy) is 2. The van der Waals surface area contributed by atoms with Crippen molar-refractivity contribution in [3.63, 3.8) is 0 Å². The Kier molecular flexibility index (Phi) is 7.73. The number of halogens is 2. The van der Waals surface area contributed by atoms with Crippen LogP contribution in [0.15, 0.2) is 29.5 Å². The highest BCUT2D eigenvalue weighted by Gasteiger charge is 2.22. The second-order valence-corrected chi connectivity index (χ2v) is 6.08. The van der Waals surface area contributed by atoms with Gasteiger partial charge in [-0.15, -0.1) is 24.0 Å². The van der Waals surface area contributed by atoms with Crippen LogP contribution >= 0.6 is 35.6 Å². The first-order valence-corrected chi connectivity index (χ1v) is 8.26. The predicted molar refractivity (Wildman–Crippen MR) is 109 cm³/mol. The van der Waals surface area contributed by atoms with Gasteiger partial charge in [-0.2, -0.15) is 0 Å². The van der Waals surface area contributed by atoms with Gasteiger partial charge in [0.25, 0.3) is 0 Å². The number of rotatable bonds is 4. The predicted octanol–water partition coefficient (Wildman–Crippen LogP) is 2.03. The summed E-state index contributed by atoms with van der Waals surface area (Å²) < 4.78 is 12.8. The van der Waals surface area contributed by atoms with Gasteiger partial charge in [0.2, 0.25) is 0 Å². The van der Waals surface area contributed by atoms with Crippen molar-refractivity contribution < 1.29 is 9.47 Å². The molecule has 0 aromatic carbocycles. The molecule has 2 aromatic heterocycles. The van der Waals surface area contributed by atoms with E-state index >= 15 is 0 Å².